The van der Waals surface area contributed by atoms with Crippen LogP contribution in [0, 0.1) is 10.1 Å². The van der Waals surface area contributed by atoms with E-state index >= 15 is 0 Å². The highest BCUT2D eigenvalue weighted by Crippen LogP contribution is 2.24. The van der Waals surface area contributed by atoms with Crippen LogP contribution in [0.15, 0.2) is 18.2 Å². The second-order valence-corrected chi connectivity index (χ2v) is 4.04. The van der Waals surface area contributed by atoms with Crippen LogP contribution in [-0.4, -0.2) is 42.9 Å². The van der Waals surface area contributed by atoms with Crippen LogP contribution < -0.4 is 10.6 Å². The first-order valence-corrected chi connectivity index (χ1v) is 6.00. The van der Waals surface area contributed by atoms with Gasteiger partial charge in [0.1, 0.15) is 0 Å². The van der Waals surface area contributed by atoms with Gasteiger partial charge in [-0.2, -0.15) is 0 Å². The van der Waals surface area contributed by atoms with Crippen molar-refractivity contribution in [3.63, 3.8) is 0 Å². The van der Waals surface area contributed by atoms with E-state index in [9.17, 15) is 15.2 Å². The monoisotopic (exact) mass is 269 g/mol. The number of nitro benzene ring substituents is 1. The van der Waals surface area contributed by atoms with Crippen molar-refractivity contribution in [2.24, 2.45) is 0 Å². The van der Waals surface area contributed by atoms with Gasteiger partial charge in [-0.15, -0.1) is 0 Å². The van der Waals surface area contributed by atoms with Gasteiger partial charge in [-0.05, 0) is 13.0 Å². The summed E-state index contributed by atoms with van der Waals surface area (Å²) in [5.74, 6) is 0. The van der Waals surface area contributed by atoms with Gasteiger partial charge in [-0.1, -0.05) is 0 Å². The number of nitrogens with one attached hydrogen (secondary N) is 2. The van der Waals surface area contributed by atoms with E-state index in [1.165, 1.54) is 19.2 Å². The van der Waals surface area contributed by atoms with Gasteiger partial charge in [-0.3, -0.25) is 10.1 Å². The van der Waals surface area contributed by atoms with Crippen LogP contribution >= 0.6 is 0 Å². The molecule has 0 saturated heterocycles. The van der Waals surface area contributed by atoms with Gasteiger partial charge in [0.05, 0.1) is 24.2 Å². The minimum atomic E-state index is -0.448. The molecule has 1 atom stereocenters. The number of nitro groups is 1. The summed E-state index contributed by atoms with van der Waals surface area (Å²) in [6.07, 6.45) is 0. The van der Waals surface area contributed by atoms with Crippen molar-refractivity contribution < 1.29 is 14.8 Å². The maximum absolute atomic E-state index is 10.9. The van der Waals surface area contributed by atoms with Crippen LogP contribution in [0.25, 0.3) is 0 Å². The molecule has 1 unspecified atom stereocenters. The average molecular weight is 269 g/mol. The van der Waals surface area contributed by atoms with Crippen molar-refractivity contribution in [3.8, 4) is 0 Å². The third-order valence-electron chi connectivity index (χ3n) is 2.47. The van der Waals surface area contributed by atoms with E-state index in [1.807, 2.05) is 6.92 Å². The SMILES string of the molecule is CCNc1cc(NC(CO)COC)cc([N+](=O)[O-])c1. The zero-order valence-electron chi connectivity index (χ0n) is 11.0. The maximum atomic E-state index is 10.9. The summed E-state index contributed by atoms with van der Waals surface area (Å²) in [7, 11) is 1.53. The molecular formula is C12H19N3O4. The van der Waals surface area contributed by atoms with E-state index in [2.05, 4.69) is 10.6 Å². The Morgan fingerprint density at radius 3 is 2.63 bits per heavy atom. The lowest BCUT2D eigenvalue weighted by Gasteiger charge is -2.17. The smallest absolute Gasteiger partial charge is 0.273 e. The van der Waals surface area contributed by atoms with Crippen molar-refractivity contribution in [3.05, 3.63) is 28.3 Å². The van der Waals surface area contributed by atoms with Gasteiger partial charge in [0, 0.05) is 37.2 Å². The van der Waals surface area contributed by atoms with Gasteiger partial charge >= 0.3 is 0 Å². The Kier molecular flexibility index (Phi) is 6.04. The number of benzene rings is 1. The molecule has 1 rings (SSSR count). The molecule has 1 aromatic carbocycles. The summed E-state index contributed by atoms with van der Waals surface area (Å²) < 4.78 is 4.95. The number of hydrogen-bond donors (Lipinski definition) is 3. The third kappa shape index (κ3) is 4.72. The van der Waals surface area contributed by atoms with Gasteiger partial charge in [0.15, 0.2) is 0 Å². The Bertz CT molecular complexity index is 425. The second kappa shape index (κ2) is 7.55. The summed E-state index contributed by atoms with van der Waals surface area (Å²) in [6.45, 7) is 2.78. The Balaban J connectivity index is 2.94. The van der Waals surface area contributed by atoms with Crippen molar-refractivity contribution in [1.82, 2.24) is 0 Å². The van der Waals surface area contributed by atoms with Crippen LogP contribution in [-0.2, 0) is 4.74 Å². The Labute approximate surface area is 111 Å². The predicted molar refractivity (Wildman–Crippen MR) is 73.6 cm³/mol. The molecule has 106 valence electrons. The fourth-order valence-electron chi connectivity index (χ4n) is 1.68. The average Bonchev–Trinajstić information content (AvgIpc) is 2.38. The first-order chi connectivity index (χ1) is 9.10. The molecule has 0 aromatic heterocycles. The van der Waals surface area contributed by atoms with E-state index in [4.69, 9.17) is 4.74 Å². The van der Waals surface area contributed by atoms with E-state index < -0.39 is 4.92 Å². The lowest BCUT2D eigenvalue weighted by atomic mass is 10.2. The van der Waals surface area contributed by atoms with Gasteiger partial charge in [0.25, 0.3) is 5.69 Å². The lowest BCUT2D eigenvalue weighted by Crippen LogP contribution is -2.28. The molecule has 19 heavy (non-hydrogen) atoms. The molecule has 0 bridgehead atoms. The number of nitrogens with zero attached hydrogens (tertiary/aromatic N) is 1. The summed E-state index contributed by atoms with van der Waals surface area (Å²) in [6, 6.07) is 4.36. The molecule has 0 radical (unpaired) electrons. The van der Waals surface area contributed by atoms with Gasteiger partial charge < -0.3 is 20.5 Å². The second-order valence-electron chi connectivity index (χ2n) is 4.04. The molecule has 0 saturated carbocycles. The number of aliphatic hydroxyl groups excluding tert-OH is 1. The predicted octanol–water partition coefficient (Wildman–Crippen LogP) is 1.45. The van der Waals surface area contributed by atoms with Crippen molar-refractivity contribution >= 4 is 17.1 Å². The van der Waals surface area contributed by atoms with Crippen LogP contribution in [0.1, 0.15) is 6.92 Å². The molecule has 0 aliphatic carbocycles. The fraction of sp³-hybridized carbons (Fsp3) is 0.500. The first kappa shape index (κ1) is 15.2. The molecule has 0 spiro atoms. The normalized spacial score (nSPS) is 11.9. The highest BCUT2D eigenvalue weighted by Gasteiger charge is 2.12. The first-order valence-electron chi connectivity index (χ1n) is 6.00. The highest BCUT2D eigenvalue weighted by molar-refractivity contribution is 5.63. The molecule has 3 N–H and O–H groups in total. The summed E-state index contributed by atoms with van der Waals surface area (Å²) >= 11 is 0. The van der Waals surface area contributed by atoms with Crippen molar-refractivity contribution in [2.45, 2.75) is 13.0 Å². The van der Waals surface area contributed by atoms with Crippen LogP contribution in [0.3, 0.4) is 0 Å². The Morgan fingerprint density at radius 1 is 1.42 bits per heavy atom. The molecule has 0 amide bonds. The largest absolute Gasteiger partial charge is 0.394 e. The lowest BCUT2D eigenvalue weighted by molar-refractivity contribution is -0.384. The zero-order chi connectivity index (χ0) is 14.3. The quantitative estimate of drug-likeness (QED) is 0.488. The molecule has 7 heteroatoms. The van der Waals surface area contributed by atoms with E-state index in [1.54, 1.807) is 6.07 Å². The number of anilines is 2. The minimum absolute atomic E-state index is 0.00458. The number of non-ortho nitro benzene ring substituents is 1. The standard InChI is InChI=1S/C12H19N3O4/c1-3-13-9-4-10(6-12(5-9)15(17)18)14-11(7-16)8-19-2/h4-6,11,13-14,16H,3,7-8H2,1-2H3. The van der Waals surface area contributed by atoms with Gasteiger partial charge in [0.2, 0.25) is 0 Å². The third-order valence-corrected chi connectivity index (χ3v) is 2.47. The molecule has 0 aliphatic heterocycles. The van der Waals surface area contributed by atoms with Gasteiger partial charge in [-0.25, -0.2) is 0 Å². The number of hydrogen-bond acceptors (Lipinski definition) is 6. The van der Waals surface area contributed by atoms with Crippen molar-refractivity contribution in [2.75, 3.05) is 37.5 Å². The summed E-state index contributed by atoms with van der Waals surface area (Å²) in [5, 5.41) is 26.1. The molecular weight excluding hydrogens is 250 g/mol. The number of methoxy groups -OCH3 is 1. The van der Waals surface area contributed by atoms with Crippen LogP contribution in [0.2, 0.25) is 0 Å². The van der Waals surface area contributed by atoms with E-state index in [0.717, 1.165) is 0 Å². The molecule has 1 aromatic rings. The Morgan fingerprint density at radius 2 is 2.11 bits per heavy atom. The minimum Gasteiger partial charge on any atom is -0.394 e. The summed E-state index contributed by atoms with van der Waals surface area (Å²) in [5.41, 5.74) is 1.23. The maximum Gasteiger partial charge on any atom is 0.273 e. The fourth-order valence-corrected chi connectivity index (χ4v) is 1.68. The van der Waals surface area contributed by atoms with Crippen molar-refractivity contribution in [1.29, 1.82) is 0 Å². The van der Waals surface area contributed by atoms with E-state index in [-0.39, 0.29) is 18.3 Å². The molecule has 7 nitrogen and oxygen atoms in total. The number of aliphatic hydroxyl groups is 1. The number of ether oxygens (including phenoxy) is 1. The number of rotatable bonds is 8. The highest BCUT2D eigenvalue weighted by atomic mass is 16.6. The summed E-state index contributed by atoms with van der Waals surface area (Å²) in [4.78, 5) is 10.4. The van der Waals surface area contributed by atoms with E-state index in [0.29, 0.717) is 24.5 Å². The molecule has 0 fully saturated rings. The topological polar surface area (TPSA) is 96.7 Å². The zero-order valence-corrected chi connectivity index (χ0v) is 11.0. The molecule has 0 aliphatic rings. The van der Waals surface area contributed by atoms with Crippen LogP contribution in [0.4, 0.5) is 17.1 Å². The molecule has 0 heterocycles. The van der Waals surface area contributed by atoms with Crippen LogP contribution in [0.5, 0.6) is 0 Å². The Hall–Kier alpha value is -1.86.